The van der Waals surface area contributed by atoms with Gasteiger partial charge in [0.2, 0.25) is 0 Å². The SMILES string of the molecule is CCNC(Cc1cc(Br)ccc1OC)c1ccc(Br)cc1. The zero-order chi connectivity index (χ0) is 15.2. The number of benzene rings is 2. The molecule has 0 radical (unpaired) electrons. The van der Waals surface area contributed by atoms with Gasteiger partial charge in [0.15, 0.2) is 0 Å². The summed E-state index contributed by atoms with van der Waals surface area (Å²) in [6, 6.07) is 14.9. The Morgan fingerprint density at radius 1 is 1.05 bits per heavy atom. The molecule has 0 heterocycles. The van der Waals surface area contributed by atoms with Gasteiger partial charge in [0.05, 0.1) is 7.11 Å². The van der Waals surface area contributed by atoms with Crippen molar-refractivity contribution in [3.8, 4) is 5.75 Å². The van der Waals surface area contributed by atoms with Crippen molar-refractivity contribution < 1.29 is 4.74 Å². The van der Waals surface area contributed by atoms with Crippen LogP contribution in [-0.2, 0) is 6.42 Å². The van der Waals surface area contributed by atoms with Crippen LogP contribution in [0.15, 0.2) is 51.4 Å². The van der Waals surface area contributed by atoms with E-state index in [0.717, 1.165) is 27.7 Å². The van der Waals surface area contributed by atoms with Crippen molar-refractivity contribution in [3.05, 3.63) is 62.5 Å². The largest absolute Gasteiger partial charge is 0.496 e. The predicted octanol–water partition coefficient (Wildman–Crippen LogP) is 5.11. The van der Waals surface area contributed by atoms with Crippen LogP contribution in [0.3, 0.4) is 0 Å². The molecule has 0 bridgehead atoms. The Bertz CT molecular complexity index is 584. The first-order valence-electron chi connectivity index (χ1n) is 6.95. The zero-order valence-electron chi connectivity index (χ0n) is 12.2. The van der Waals surface area contributed by atoms with Gasteiger partial charge in [-0.25, -0.2) is 0 Å². The van der Waals surface area contributed by atoms with E-state index in [1.54, 1.807) is 7.11 Å². The summed E-state index contributed by atoms with van der Waals surface area (Å²) in [6.07, 6.45) is 0.887. The molecule has 1 N–H and O–H groups in total. The second kappa shape index (κ2) is 7.97. The first kappa shape index (κ1) is 16.5. The quantitative estimate of drug-likeness (QED) is 0.711. The highest BCUT2D eigenvalue weighted by atomic mass is 79.9. The van der Waals surface area contributed by atoms with Crippen LogP contribution in [0.25, 0.3) is 0 Å². The fourth-order valence-electron chi connectivity index (χ4n) is 2.38. The molecule has 2 aromatic carbocycles. The highest BCUT2D eigenvalue weighted by Gasteiger charge is 2.14. The van der Waals surface area contributed by atoms with Gasteiger partial charge in [-0.05, 0) is 54.4 Å². The average Bonchev–Trinajstić information content (AvgIpc) is 2.48. The summed E-state index contributed by atoms with van der Waals surface area (Å²) in [5, 5.41) is 3.55. The van der Waals surface area contributed by atoms with Crippen molar-refractivity contribution in [1.82, 2.24) is 5.32 Å². The maximum absolute atomic E-state index is 5.48. The molecule has 112 valence electrons. The Kier molecular flexibility index (Phi) is 6.27. The van der Waals surface area contributed by atoms with E-state index in [9.17, 15) is 0 Å². The van der Waals surface area contributed by atoms with Crippen LogP contribution in [0.1, 0.15) is 24.1 Å². The second-order valence-electron chi connectivity index (χ2n) is 4.82. The molecule has 0 spiro atoms. The molecule has 2 rings (SSSR count). The van der Waals surface area contributed by atoms with E-state index >= 15 is 0 Å². The first-order chi connectivity index (χ1) is 10.1. The summed E-state index contributed by atoms with van der Waals surface area (Å²) in [7, 11) is 1.72. The predicted molar refractivity (Wildman–Crippen MR) is 95.0 cm³/mol. The Morgan fingerprint density at radius 3 is 2.33 bits per heavy atom. The van der Waals surface area contributed by atoms with Crippen LogP contribution in [0.4, 0.5) is 0 Å². The minimum Gasteiger partial charge on any atom is -0.496 e. The van der Waals surface area contributed by atoms with Gasteiger partial charge >= 0.3 is 0 Å². The van der Waals surface area contributed by atoms with Crippen LogP contribution in [0, 0.1) is 0 Å². The third-order valence-corrected chi connectivity index (χ3v) is 4.41. The summed E-state index contributed by atoms with van der Waals surface area (Å²) in [5.41, 5.74) is 2.47. The summed E-state index contributed by atoms with van der Waals surface area (Å²) in [6.45, 7) is 3.06. The van der Waals surface area contributed by atoms with Crippen LogP contribution < -0.4 is 10.1 Å². The molecule has 4 heteroatoms. The van der Waals surface area contributed by atoms with Crippen molar-refractivity contribution in [2.75, 3.05) is 13.7 Å². The molecule has 1 atom stereocenters. The highest BCUT2D eigenvalue weighted by molar-refractivity contribution is 9.10. The summed E-state index contributed by atoms with van der Waals surface area (Å²) < 4.78 is 7.65. The smallest absolute Gasteiger partial charge is 0.122 e. The van der Waals surface area contributed by atoms with Gasteiger partial charge in [-0.15, -0.1) is 0 Å². The minimum absolute atomic E-state index is 0.270. The van der Waals surface area contributed by atoms with E-state index in [2.05, 4.69) is 74.4 Å². The van der Waals surface area contributed by atoms with Crippen molar-refractivity contribution in [2.24, 2.45) is 0 Å². The van der Waals surface area contributed by atoms with Crippen molar-refractivity contribution in [1.29, 1.82) is 0 Å². The third kappa shape index (κ3) is 4.56. The van der Waals surface area contributed by atoms with Crippen molar-refractivity contribution in [2.45, 2.75) is 19.4 Å². The first-order valence-corrected chi connectivity index (χ1v) is 8.54. The average molecular weight is 413 g/mol. The summed E-state index contributed by atoms with van der Waals surface area (Å²) >= 11 is 7.02. The number of likely N-dealkylation sites (N-methyl/N-ethyl adjacent to an activating group) is 1. The standard InChI is InChI=1S/C17H19Br2NO/c1-3-20-16(12-4-6-14(18)7-5-12)11-13-10-15(19)8-9-17(13)21-2/h4-10,16,20H,3,11H2,1-2H3. The summed E-state index contributed by atoms with van der Waals surface area (Å²) in [4.78, 5) is 0. The Morgan fingerprint density at radius 2 is 1.71 bits per heavy atom. The van der Waals surface area contributed by atoms with Gasteiger partial charge in [0.25, 0.3) is 0 Å². The highest BCUT2D eigenvalue weighted by Crippen LogP contribution is 2.28. The van der Waals surface area contributed by atoms with Gasteiger partial charge in [-0.2, -0.15) is 0 Å². The molecule has 2 nitrogen and oxygen atoms in total. The topological polar surface area (TPSA) is 21.3 Å². The molecule has 2 aromatic rings. The van der Waals surface area contributed by atoms with Gasteiger partial charge in [-0.3, -0.25) is 0 Å². The van der Waals surface area contributed by atoms with Crippen molar-refractivity contribution in [3.63, 3.8) is 0 Å². The number of rotatable bonds is 6. The fourth-order valence-corrected chi connectivity index (χ4v) is 3.05. The molecule has 0 saturated heterocycles. The lowest BCUT2D eigenvalue weighted by atomic mass is 9.98. The third-order valence-electron chi connectivity index (χ3n) is 3.39. The van der Waals surface area contributed by atoms with Crippen LogP contribution in [0.5, 0.6) is 5.75 Å². The Hall–Kier alpha value is -0.840. The molecule has 0 aliphatic heterocycles. The Balaban J connectivity index is 2.27. The lowest BCUT2D eigenvalue weighted by Gasteiger charge is -2.20. The normalized spacial score (nSPS) is 12.2. The number of halogens is 2. The fraction of sp³-hybridized carbons (Fsp3) is 0.294. The molecule has 0 amide bonds. The monoisotopic (exact) mass is 411 g/mol. The maximum Gasteiger partial charge on any atom is 0.122 e. The summed E-state index contributed by atoms with van der Waals surface area (Å²) in [5.74, 6) is 0.929. The Labute approximate surface area is 143 Å². The molecule has 1 unspecified atom stereocenters. The number of hydrogen-bond donors (Lipinski definition) is 1. The van der Waals surface area contributed by atoms with Gasteiger partial charge < -0.3 is 10.1 Å². The van der Waals surface area contributed by atoms with E-state index in [4.69, 9.17) is 4.74 Å². The van der Waals surface area contributed by atoms with E-state index in [1.807, 2.05) is 12.1 Å². The number of hydrogen-bond acceptors (Lipinski definition) is 2. The lowest BCUT2D eigenvalue weighted by Crippen LogP contribution is -2.23. The molecule has 21 heavy (non-hydrogen) atoms. The zero-order valence-corrected chi connectivity index (χ0v) is 15.4. The van der Waals surface area contributed by atoms with Crippen molar-refractivity contribution >= 4 is 31.9 Å². The molecular formula is C17H19Br2NO. The van der Waals surface area contributed by atoms with Crippen LogP contribution >= 0.6 is 31.9 Å². The minimum atomic E-state index is 0.270. The van der Waals surface area contributed by atoms with Gasteiger partial charge in [0.1, 0.15) is 5.75 Å². The molecule has 0 aliphatic carbocycles. The molecule has 0 saturated carbocycles. The van der Waals surface area contributed by atoms with Crippen LogP contribution in [0.2, 0.25) is 0 Å². The number of ether oxygens (including phenoxy) is 1. The molecular weight excluding hydrogens is 394 g/mol. The molecule has 0 aliphatic rings. The molecule has 0 fully saturated rings. The van der Waals surface area contributed by atoms with E-state index < -0.39 is 0 Å². The lowest BCUT2D eigenvalue weighted by molar-refractivity contribution is 0.405. The van der Waals surface area contributed by atoms with E-state index in [1.165, 1.54) is 11.1 Å². The van der Waals surface area contributed by atoms with E-state index in [0.29, 0.717) is 0 Å². The molecule has 0 aromatic heterocycles. The van der Waals surface area contributed by atoms with Gasteiger partial charge in [-0.1, -0.05) is 50.9 Å². The van der Waals surface area contributed by atoms with E-state index in [-0.39, 0.29) is 6.04 Å². The second-order valence-corrected chi connectivity index (χ2v) is 6.65. The van der Waals surface area contributed by atoms with Crippen LogP contribution in [-0.4, -0.2) is 13.7 Å². The maximum atomic E-state index is 5.48. The van der Waals surface area contributed by atoms with Gasteiger partial charge in [0, 0.05) is 15.0 Å². The number of nitrogens with one attached hydrogen (secondary N) is 1. The number of methoxy groups -OCH3 is 1.